The summed E-state index contributed by atoms with van der Waals surface area (Å²) < 4.78 is 7.18. The second-order valence-corrected chi connectivity index (χ2v) is 4.61. The predicted molar refractivity (Wildman–Crippen MR) is 68.6 cm³/mol. The third-order valence-corrected chi connectivity index (χ3v) is 3.36. The maximum Gasteiger partial charge on any atom is 0.358 e. The van der Waals surface area contributed by atoms with E-state index in [1.165, 1.54) is 6.20 Å². The molecule has 19 heavy (non-hydrogen) atoms. The van der Waals surface area contributed by atoms with Crippen LogP contribution in [0.3, 0.4) is 0 Å². The Labute approximate surface area is 110 Å². The lowest BCUT2D eigenvalue weighted by Gasteiger charge is -2.26. The summed E-state index contributed by atoms with van der Waals surface area (Å²) in [5.41, 5.74) is 0.133. The Balaban J connectivity index is 1.92. The molecule has 0 amide bonds. The number of benzene rings is 1. The molecule has 1 aromatic heterocycles. The summed E-state index contributed by atoms with van der Waals surface area (Å²) in [5.74, 6) is -0.0981. The van der Waals surface area contributed by atoms with Gasteiger partial charge in [0.1, 0.15) is 5.75 Å². The van der Waals surface area contributed by atoms with Crippen molar-refractivity contribution in [3.8, 4) is 11.5 Å². The smallest absolute Gasteiger partial charge is 0.358 e. The van der Waals surface area contributed by atoms with E-state index in [0.29, 0.717) is 11.5 Å². The van der Waals surface area contributed by atoms with E-state index in [0.717, 1.165) is 19.3 Å². The molecule has 0 aliphatic heterocycles. The highest BCUT2D eigenvalue weighted by Crippen LogP contribution is 2.35. The topological polar surface area (TPSA) is 64.3 Å². The van der Waals surface area contributed by atoms with Crippen LogP contribution in [0, 0.1) is 0 Å². The van der Waals surface area contributed by atoms with E-state index in [-0.39, 0.29) is 11.7 Å². The summed E-state index contributed by atoms with van der Waals surface area (Å²) in [7, 11) is 0. The quantitative estimate of drug-likeness (QED) is 0.915. The van der Waals surface area contributed by atoms with Crippen molar-refractivity contribution < 1.29 is 14.6 Å². The molecule has 0 radical (unpaired) electrons. The van der Waals surface area contributed by atoms with Crippen LogP contribution in [-0.4, -0.2) is 20.9 Å². The van der Waals surface area contributed by atoms with Gasteiger partial charge in [0.25, 0.3) is 0 Å². The number of hydrogen-bond donors (Lipinski definition) is 1. The van der Waals surface area contributed by atoms with Crippen LogP contribution in [0.1, 0.15) is 35.8 Å². The molecule has 1 heterocycles. The van der Waals surface area contributed by atoms with Crippen molar-refractivity contribution in [1.82, 2.24) is 9.78 Å². The number of ether oxygens (including phenoxy) is 1. The monoisotopic (exact) mass is 258 g/mol. The first-order valence-electron chi connectivity index (χ1n) is 6.29. The van der Waals surface area contributed by atoms with Gasteiger partial charge in [0, 0.05) is 0 Å². The first kappa shape index (κ1) is 11.8. The van der Waals surface area contributed by atoms with Crippen LogP contribution in [0.5, 0.6) is 11.5 Å². The lowest BCUT2D eigenvalue weighted by Crippen LogP contribution is -2.22. The molecule has 5 heteroatoms. The van der Waals surface area contributed by atoms with Gasteiger partial charge >= 0.3 is 5.97 Å². The second-order valence-electron chi connectivity index (χ2n) is 4.61. The average molecular weight is 258 g/mol. The fourth-order valence-electron chi connectivity index (χ4n) is 2.15. The fraction of sp³-hybridized carbons (Fsp3) is 0.286. The van der Waals surface area contributed by atoms with Crippen LogP contribution in [0.2, 0.25) is 0 Å². The molecular formula is C14H14N2O3. The molecule has 0 atom stereocenters. The number of aromatic nitrogens is 2. The highest BCUT2D eigenvalue weighted by molar-refractivity contribution is 5.89. The Kier molecular flexibility index (Phi) is 2.95. The van der Waals surface area contributed by atoms with E-state index in [1.54, 1.807) is 16.8 Å². The molecule has 1 fully saturated rings. The fourth-order valence-corrected chi connectivity index (χ4v) is 2.15. The van der Waals surface area contributed by atoms with E-state index in [9.17, 15) is 9.90 Å². The van der Waals surface area contributed by atoms with E-state index in [1.807, 2.05) is 18.2 Å². The lowest BCUT2D eigenvalue weighted by atomic mass is 9.93. The Bertz CT molecular complexity index is 588. The van der Waals surface area contributed by atoms with Crippen LogP contribution >= 0.6 is 0 Å². The summed E-state index contributed by atoms with van der Waals surface area (Å²) in [4.78, 5) is 11.4. The van der Waals surface area contributed by atoms with Crippen molar-refractivity contribution in [1.29, 1.82) is 0 Å². The average Bonchev–Trinajstić information content (AvgIpc) is 2.72. The van der Waals surface area contributed by atoms with Gasteiger partial charge in [0.2, 0.25) is 0 Å². The highest BCUT2D eigenvalue weighted by Gasteiger charge is 2.28. The molecule has 1 saturated carbocycles. The molecule has 2 aromatic rings. The van der Waals surface area contributed by atoms with E-state index in [2.05, 4.69) is 5.10 Å². The molecule has 5 nitrogen and oxygen atoms in total. The molecular weight excluding hydrogens is 244 g/mol. The third kappa shape index (κ3) is 2.19. The number of para-hydroxylation sites is 1. The summed E-state index contributed by atoms with van der Waals surface area (Å²) in [6.07, 6.45) is 4.56. The standard InChI is InChI=1S/C14H14N2O3/c17-14(18)13-12(19-11-7-2-1-3-8-11)9-15-16(13)10-5-4-6-10/h1-3,7-10H,4-6H2,(H,17,18). The van der Waals surface area contributed by atoms with Crippen molar-refractivity contribution in [2.45, 2.75) is 25.3 Å². The first-order valence-corrected chi connectivity index (χ1v) is 6.29. The zero-order valence-electron chi connectivity index (χ0n) is 10.3. The van der Waals surface area contributed by atoms with Gasteiger partial charge in [-0.3, -0.25) is 4.68 Å². The zero-order chi connectivity index (χ0) is 13.2. The Morgan fingerprint density at radius 2 is 2.05 bits per heavy atom. The van der Waals surface area contributed by atoms with Crippen LogP contribution in [0.15, 0.2) is 36.5 Å². The minimum atomic E-state index is -1.00. The SMILES string of the molecule is O=C(O)c1c(Oc2ccccc2)cnn1C1CCC1. The van der Waals surface area contributed by atoms with Gasteiger partial charge in [-0.05, 0) is 31.4 Å². The molecule has 0 unspecified atom stereocenters. The Hall–Kier alpha value is -2.30. The zero-order valence-corrected chi connectivity index (χ0v) is 10.3. The highest BCUT2D eigenvalue weighted by atomic mass is 16.5. The predicted octanol–water partition coefficient (Wildman–Crippen LogP) is 3.10. The summed E-state index contributed by atoms with van der Waals surface area (Å²) in [5, 5.41) is 13.5. The lowest BCUT2D eigenvalue weighted by molar-refractivity contribution is 0.0672. The third-order valence-electron chi connectivity index (χ3n) is 3.36. The summed E-state index contributed by atoms with van der Waals surface area (Å²) in [6.45, 7) is 0. The minimum Gasteiger partial charge on any atom is -0.476 e. The Morgan fingerprint density at radius 3 is 2.63 bits per heavy atom. The van der Waals surface area contributed by atoms with Crippen LogP contribution in [-0.2, 0) is 0 Å². The van der Waals surface area contributed by atoms with Crippen molar-refractivity contribution >= 4 is 5.97 Å². The van der Waals surface area contributed by atoms with Gasteiger partial charge in [-0.15, -0.1) is 0 Å². The summed E-state index contributed by atoms with van der Waals surface area (Å²) >= 11 is 0. The normalized spacial score (nSPS) is 14.9. The number of nitrogens with zero attached hydrogens (tertiary/aromatic N) is 2. The summed E-state index contributed by atoms with van der Waals surface area (Å²) in [6, 6.07) is 9.32. The molecule has 1 N–H and O–H groups in total. The number of rotatable bonds is 4. The Morgan fingerprint density at radius 1 is 1.32 bits per heavy atom. The maximum absolute atomic E-state index is 11.4. The minimum absolute atomic E-state index is 0.133. The molecule has 1 aromatic carbocycles. The van der Waals surface area contributed by atoms with Gasteiger partial charge < -0.3 is 9.84 Å². The molecule has 0 spiro atoms. The molecule has 1 aliphatic carbocycles. The largest absolute Gasteiger partial charge is 0.476 e. The number of hydrogen-bond acceptors (Lipinski definition) is 3. The van der Waals surface area contributed by atoms with Crippen molar-refractivity contribution in [3.63, 3.8) is 0 Å². The molecule has 3 rings (SSSR count). The van der Waals surface area contributed by atoms with Crippen molar-refractivity contribution in [2.24, 2.45) is 0 Å². The van der Waals surface area contributed by atoms with E-state index in [4.69, 9.17) is 4.74 Å². The van der Waals surface area contributed by atoms with Crippen LogP contribution in [0.4, 0.5) is 0 Å². The molecule has 0 bridgehead atoms. The maximum atomic E-state index is 11.4. The second kappa shape index (κ2) is 4.76. The van der Waals surface area contributed by atoms with E-state index < -0.39 is 5.97 Å². The molecule has 1 aliphatic rings. The van der Waals surface area contributed by atoms with Gasteiger partial charge in [0.05, 0.1) is 12.2 Å². The van der Waals surface area contributed by atoms with Crippen molar-refractivity contribution in [2.75, 3.05) is 0 Å². The number of aromatic carboxylic acids is 1. The first-order chi connectivity index (χ1) is 9.25. The number of carbonyl (C=O) groups is 1. The van der Waals surface area contributed by atoms with Gasteiger partial charge in [-0.1, -0.05) is 18.2 Å². The number of carboxylic acid groups (broad SMARTS) is 1. The number of carboxylic acids is 1. The van der Waals surface area contributed by atoms with Gasteiger partial charge in [-0.2, -0.15) is 5.10 Å². The van der Waals surface area contributed by atoms with Crippen LogP contribution in [0.25, 0.3) is 0 Å². The molecule has 0 saturated heterocycles. The van der Waals surface area contributed by atoms with E-state index >= 15 is 0 Å². The van der Waals surface area contributed by atoms with Crippen LogP contribution < -0.4 is 4.74 Å². The van der Waals surface area contributed by atoms with Gasteiger partial charge in [0.15, 0.2) is 11.4 Å². The van der Waals surface area contributed by atoms with Gasteiger partial charge in [-0.25, -0.2) is 4.79 Å². The van der Waals surface area contributed by atoms with Crippen molar-refractivity contribution in [3.05, 3.63) is 42.2 Å². The molecule has 98 valence electrons.